The molecule has 0 unspecified atom stereocenters. The average Bonchev–Trinajstić information content (AvgIpc) is 3.28. The van der Waals surface area contributed by atoms with Crippen molar-refractivity contribution < 1.29 is 4.79 Å². The molecular formula is C25H28N4O. The lowest BCUT2D eigenvalue weighted by molar-refractivity contribution is 0.0951. The lowest BCUT2D eigenvalue weighted by Crippen LogP contribution is -2.23. The number of hydrogen-bond acceptors (Lipinski definition) is 4. The lowest BCUT2D eigenvalue weighted by Gasteiger charge is -2.19. The van der Waals surface area contributed by atoms with Crippen LogP contribution < -0.4 is 10.2 Å². The van der Waals surface area contributed by atoms with Crippen molar-refractivity contribution in [1.29, 1.82) is 0 Å². The van der Waals surface area contributed by atoms with Crippen LogP contribution >= 0.6 is 0 Å². The third-order valence-electron chi connectivity index (χ3n) is 5.77. The zero-order chi connectivity index (χ0) is 21.1. The van der Waals surface area contributed by atoms with Crippen molar-refractivity contribution >= 4 is 11.7 Å². The fourth-order valence-electron chi connectivity index (χ4n) is 4.23. The molecule has 0 radical (unpaired) electrons. The molecule has 0 bridgehead atoms. The van der Waals surface area contributed by atoms with Gasteiger partial charge >= 0.3 is 0 Å². The number of benzene rings is 2. The molecule has 5 nitrogen and oxygen atoms in total. The topological polar surface area (TPSA) is 58.1 Å². The Hall–Kier alpha value is -3.21. The van der Waals surface area contributed by atoms with Crippen molar-refractivity contribution in [2.45, 2.75) is 40.2 Å². The standard InChI is InChI=1S/C25H28N4O/c1-17-14-18(2)22(19(3)15-17)16-28-25(30)21-8-6-20(7-9-21)23-24(27-11-10-26-23)29-12-4-5-13-29/h6-11,14-15H,4-5,12-13,16H2,1-3H3,(H,28,30). The molecule has 2 heterocycles. The number of nitrogens with zero attached hydrogens (tertiary/aromatic N) is 3. The maximum atomic E-state index is 12.7. The minimum absolute atomic E-state index is 0.0696. The number of aromatic nitrogens is 2. The summed E-state index contributed by atoms with van der Waals surface area (Å²) in [6.45, 7) is 8.84. The molecule has 3 aromatic rings. The van der Waals surface area contributed by atoms with Crippen LogP contribution in [0.15, 0.2) is 48.8 Å². The van der Waals surface area contributed by atoms with E-state index in [9.17, 15) is 4.79 Å². The summed E-state index contributed by atoms with van der Waals surface area (Å²) in [5.41, 5.74) is 7.34. The Bertz CT molecular complexity index is 1030. The number of anilines is 1. The van der Waals surface area contributed by atoms with Gasteiger partial charge in [0.2, 0.25) is 0 Å². The molecule has 1 fully saturated rings. The first-order chi connectivity index (χ1) is 14.5. The van der Waals surface area contributed by atoms with Crippen molar-refractivity contribution in [3.05, 3.63) is 76.6 Å². The van der Waals surface area contributed by atoms with Gasteiger partial charge in [0, 0.05) is 43.2 Å². The number of aryl methyl sites for hydroxylation is 3. The molecule has 0 atom stereocenters. The molecule has 1 amide bonds. The highest BCUT2D eigenvalue weighted by Crippen LogP contribution is 2.29. The molecule has 0 saturated carbocycles. The summed E-state index contributed by atoms with van der Waals surface area (Å²) in [6, 6.07) is 12.0. The van der Waals surface area contributed by atoms with Gasteiger partial charge in [-0.2, -0.15) is 0 Å². The van der Waals surface area contributed by atoms with E-state index in [0.29, 0.717) is 12.1 Å². The normalized spacial score (nSPS) is 13.5. The molecule has 1 saturated heterocycles. The average molecular weight is 401 g/mol. The highest BCUT2D eigenvalue weighted by molar-refractivity contribution is 5.94. The van der Waals surface area contributed by atoms with Gasteiger partial charge in [-0.1, -0.05) is 29.8 Å². The molecule has 0 aliphatic carbocycles. The maximum Gasteiger partial charge on any atom is 0.251 e. The quantitative estimate of drug-likeness (QED) is 0.680. The van der Waals surface area contributed by atoms with E-state index in [1.54, 1.807) is 12.4 Å². The van der Waals surface area contributed by atoms with Crippen molar-refractivity contribution in [2.75, 3.05) is 18.0 Å². The summed E-state index contributed by atoms with van der Waals surface area (Å²) in [6.07, 6.45) is 5.85. The van der Waals surface area contributed by atoms with E-state index in [1.807, 2.05) is 24.3 Å². The van der Waals surface area contributed by atoms with Crippen LogP contribution in [0, 0.1) is 20.8 Å². The van der Waals surface area contributed by atoms with Crippen molar-refractivity contribution in [3.63, 3.8) is 0 Å². The molecule has 1 aromatic heterocycles. The number of carbonyl (C=O) groups is 1. The Kier molecular flexibility index (Phi) is 5.79. The molecule has 4 rings (SSSR count). The van der Waals surface area contributed by atoms with Crippen LogP contribution in [-0.4, -0.2) is 29.0 Å². The molecule has 154 valence electrons. The molecule has 1 aliphatic rings. The molecule has 0 spiro atoms. The van der Waals surface area contributed by atoms with Crippen LogP contribution in [0.3, 0.4) is 0 Å². The monoisotopic (exact) mass is 400 g/mol. The fraction of sp³-hybridized carbons (Fsp3) is 0.320. The third kappa shape index (κ3) is 4.20. The second-order valence-electron chi connectivity index (χ2n) is 8.06. The highest BCUT2D eigenvalue weighted by Gasteiger charge is 2.19. The van der Waals surface area contributed by atoms with E-state index in [1.165, 1.54) is 35.1 Å². The van der Waals surface area contributed by atoms with E-state index in [-0.39, 0.29) is 5.91 Å². The van der Waals surface area contributed by atoms with Crippen LogP contribution in [0.5, 0.6) is 0 Å². The molecular weight excluding hydrogens is 372 g/mol. The smallest absolute Gasteiger partial charge is 0.251 e. The summed E-state index contributed by atoms with van der Waals surface area (Å²) in [5, 5.41) is 3.06. The Labute approximate surface area is 178 Å². The van der Waals surface area contributed by atoms with Gasteiger partial charge in [0.1, 0.15) is 5.69 Å². The Morgan fingerprint density at radius 3 is 2.27 bits per heavy atom. The van der Waals surface area contributed by atoms with Crippen LogP contribution in [0.2, 0.25) is 0 Å². The molecule has 5 heteroatoms. The second kappa shape index (κ2) is 8.66. The minimum atomic E-state index is -0.0696. The molecule has 1 aliphatic heterocycles. The van der Waals surface area contributed by atoms with E-state index in [0.717, 1.165) is 30.2 Å². The number of hydrogen-bond donors (Lipinski definition) is 1. The SMILES string of the molecule is Cc1cc(C)c(CNC(=O)c2ccc(-c3nccnc3N3CCCC3)cc2)c(C)c1. The summed E-state index contributed by atoms with van der Waals surface area (Å²) in [4.78, 5) is 24.1. The zero-order valence-corrected chi connectivity index (χ0v) is 17.9. The Balaban J connectivity index is 1.49. The van der Waals surface area contributed by atoms with E-state index in [2.05, 4.69) is 53.1 Å². The highest BCUT2D eigenvalue weighted by atomic mass is 16.1. The van der Waals surface area contributed by atoms with Gasteiger partial charge in [-0.25, -0.2) is 4.98 Å². The summed E-state index contributed by atoms with van der Waals surface area (Å²) >= 11 is 0. The summed E-state index contributed by atoms with van der Waals surface area (Å²) in [7, 11) is 0. The third-order valence-corrected chi connectivity index (χ3v) is 5.77. The predicted octanol–water partition coefficient (Wildman–Crippen LogP) is 4.60. The number of rotatable bonds is 5. The Morgan fingerprint density at radius 2 is 1.60 bits per heavy atom. The fourth-order valence-corrected chi connectivity index (χ4v) is 4.23. The van der Waals surface area contributed by atoms with Crippen LogP contribution in [0.1, 0.15) is 45.5 Å². The van der Waals surface area contributed by atoms with Gasteiger partial charge in [-0.15, -0.1) is 0 Å². The molecule has 1 N–H and O–H groups in total. The van der Waals surface area contributed by atoms with Gasteiger partial charge in [-0.3, -0.25) is 9.78 Å². The van der Waals surface area contributed by atoms with Crippen molar-refractivity contribution in [1.82, 2.24) is 15.3 Å². The predicted molar refractivity (Wildman–Crippen MR) is 121 cm³/mol. The van der Waals surface area contributed by atoms with Crippen molar-refractivity contribution in [2.24, 2.45) is 0 Å². The van der Waals surface area contributed by atoms with Crippen LogP contribution in [0.25, 0.3) is 11.3 Å². The maximum absolute atomic E-state index is 12.7. The van der Waals surface area contributed by atoms with E-state index < -0.39 is 0 Å². The Morgan fingerprint density at radius 1 is 0.967 bits per heavy atom. The van der Waals surface area contributed by atoms with Crippen LogP contribution in [-0.2, 0) is 6.54 Å². The van der Waals surface area contributed by atoms with Gasteiger partial charge < -0.3 is 10.2 Å². The van der Waals surface area contributed by atoms with E-state index in [4.69, 9.17) is 0 Å². The van der Waals surface area contributed by atoms with E-state index >= 15 is 0 Å². The number of amides is 1. The number of nitrogens with one attached hydrogen (secondary N) is 1. The lowest BCUT2D eigenvalue weighted by atomic mass is 10.00. The van der Waals surface area contributed by atoms with Crippen molar-refractivity contribution in [3.8, 4) is 11.3 Å². The summed E-state index contributed by atoms with van der Waals surface area (Å²) in [5.74, 6) is 0.859. The number of carbonyl (C=O) groups excluding carboxylic acids is 1. The zero-order valence-electron chi connectivity index (χ0n) is 17.9. The van der Waals surface area contributed by atoms with Gasteiger partial charge in [-0.05, 0) is 62.4 Å². The van der Waals surface area contributed by atoms with Gasteiger partial charge in [0.05, 0.1) is 0 Å². The molecule has 30 heavy (non-hydrogen) atoms. The summed E-state index contributed by atoms with van der Waals surface area (Å²) < 4.78 is 0. The first kappa shape index (κ1) is 20.1. The second-order valence-corrected chi connectivity index (χ2v) is 8.06. The van der Waals surface area contributed by atoms with Gasteiger partial charge in [0.25, 0.3) is 5.91 Å². The largest absolute Gasteiger partial charge is 0.355 e. The first-order valence-corrected chi connectivity index (χ1v) is 10.5. The first-order valence-electron chi connectivity index (χ1n) is 10.5. The van der Waals surface area contributed by atoms with Crippen LogP contribution in [0.4, 0.5) is 5.82 Å². The molecule has 2 aromatic carbocycles. The van der Waals surface area contributed by atoms with Gasteiger partial charge in [0.15, 0.2) is 5.82 Å². The minimum Gasteiger partial charge on any atom is -0.355 e.